The van der Waals surface area contributed by atoms with Crippen LogP contribution < -0.4 is 0 Å². The number of aromatic nitrogens is 2. The van der Waals surface area contributed by atoms with Gasteiger partial charge < -0.3 is 0 Å². The zero-order valence-corrected chi connectivity index (χ0v) is 11.0. The van der Waals surface area contributed by atoms with E-state index in [2.05, 4.69) is 12.0 Å². The maximum absolute atomic E-state index is 13.9. The van der Waals surface area contributed by atoms with E-state index in [0.29, 0.717) is 23.4 Å². The number of Topliss-reactive ketones (excluding diaryl/α,β-unsaturated/α-hetero) is 1. The highest BCUT2D eigenvalue weighted by atomic mass is 19.1. The van der Waals surface area contributed by atoms with E-state index in [9.17, 15) is 9.18 Å². The van der Waals surface area contributed by atoms with E-state index in [0.717, 1.165) is 12.0 Å². The van der Waals surface area contributed by atoms with E-state index in [1.807, 2.05) is 0 Å². The first-order chi connectivity index (χ1) is 9.09. The summed E-state index contributed by atoms with van der Waals surface area (Å²) < 4.78 is 15.5. The quantitative estimate of drug-likeness (QED) is 0.786. The molecule has 0 saturated carbocycles. The zero-order chi connectivity index (χ0) is 13.6. The Morgan fingerprint density at radius 1 is 1.37 bits per heavy atom. The van der Waals surface area contributed by atoms with Gasteiger partial charge in [-0.15, -0.1) is 0 Å². The summed E-state index contributed by atoms with van der Waals surface area (Å²) >= 11 is 0. The van der Waals surface area contributed by atoms with Crippen molar-refractivity contribution < 1.29 is 9.18 Å². The SMILES string of the molecule is CC1CCC(=O)c2c1c(-c1ccccc1F)nn2C. The summed E-state index contributed by atoms with van der Waals surface area (Å²) in [5.74, 6) is 0.0373. The van der Waals surface area contributed by atoms with Crippen molar-refractivity contribution in [2.45, 2.75) is 25.7 Å². The third kappa shape index (κ3) is 1.79. The van der Waals surface area contributed by atoms with Crippen molar-refractivity contribution >= 4 is 5.78 Å². The second-order valence-electron chi connectivity index (χ2n) is 5.08. The van der Waals surface area contributed by atoms with Gasteiger partial charge in [0, 0.05) is 24.6 Å². The highest BCUT2D eigenvalue weighted by Gasteiger charge is 2.31. The first-order valence-corrected chi connectivity index (χ1v) is 6.44. The fourth-order valence-corrected chi connectivity index (χ4v) is 2.80. The fourth-order valence-electron chi connectivity index (χ4n) is 2.80. The smallest absolute Gasteiger partial charge is 0.181 e. The lowest BCUT2D eigenvalue weighted by Gasteiger charge is -2.19. The van der Waals surface area contributed by atoms with Crippen LogP contribution in [0.3, 0.4) is 0 Å². The topological polar surface area (TPSA) is 34.9 Å². The van der Waals surface area contributed by atoms with Gasteiger partial charge in [0.25, 0.3) is 0 Å². The third-order valence-corrected chi connectivity index (χ3v) is 3.77. The predicted molar refractivity (Wildman–Crippen MR) is 70.6 cm³/mol. The molecule has 1 aromatic carbocycles. The van der Waals surface area contributed by atoms with Crippen LogP contribution in [0.5, 0.6) is 0 Å². The van der Waals surface area contributed by atoms with Crippen molar-refractivity contribution in [2.24, 2.45) is 7.05 Å². The minimum absolute atomic E-state index is 0.102. The normalized spacial score (nSPS) is 18.5. The molecular formula is C15H15FN2O. The second-order valence-corrected chi connectivity index (χ2v) is 5.08. The van der Waals surface area contributed by atoms with Crippen LogP contribution in [0.25, 0.3) is 11.3 Å². The Bertz CT molecular complexity index is 660. The number of nitrogens with zero attached hydrogens (tertiary/aromatic N) is 2. The summed E-state index contributed by atoms with van der Waals surface area (Å²) in [5, 5.41) is 4.38. The molecule has 2 aromatic rings. The Morgan fingerprint density at radius 2 is 2.11 bits per heavy atom. The highest BCUT2D eigenvalue weighted by molar-refractivity contribution is 5.99. The number of hydrogen-bond donors (Lipinski definition) is 0. The van der Waals surface area contributed by atoms with E-state index in [1.165, 1.54) is 6.07 Å². The number of benzene rings is 1. The maximum atomic E-state index is 13.9. The van der Waals surface area contributed by atoms with Crippen molar-refractivity contribution in [2.75, 3.05) is 0 Å². The van der Waals surface area contributed by atoms with Gasteiger partial charge in [-0.05, 0) is 24.5 Å². The Kier molecular flexibility index (Phi) is 2.73. The molecular weight excluding hydrogens is 243 g/mol. The fraction of sp³-hybridized carbons (Fsp3) is 0.333. The average molecular weight is 258 g/mol. The first kappa shape index (κ1) is 12.1. The number of ketones is 1. The summed E-state index contributed by atoms with van der Waals surface area (Å²) in [6.45, 7) is 2.07. The highest BCUT2D eigenvalue weighted by Crippen LogP contribution is 2.38. The van der Waals surface area contributed by atoms with Crippen molar-refractivity contribution in [3.05, 3.63) is 41.3 Å². The van der Waals surface area contributed by atoms with Crippen molar-refractivity contribution in [1.82, 2.24) is 9.78 Å². The van der Waals surface area contributed by atoms with Crippen molar-refractivity contribution in [1.29, 1.82) is 0 Å². The second kappa shape index (κ2) is 4.30. The molecule has 98 valence electrons. The van der Waals surface area contributed by atoms with Crippen LogP contribution in [0.2, 0.25) is 0 Å². The number of rotatable bonds is 1. The van der Waals surface area contributed by atoms with Crippen LogP contribution in [0.4, 0.5) is 4.39 Å². The molecule has 0 radical (unpaired) electrons. The molecule has 0 fully saturated rings. The van der Waals surface area contributed by atoms with E-state index >= 15 is 0 Å². The lowest BCUT2D eigenvalue weighted by atomic mass is 9.84. The molecule has 3 nitrogen and oxygen atoms in total. The summed E-state index contributed by atoms with van der Waals surface area (Å²) in [4.78, 5) is 12.0. The van der Waals surface area contributed by atoms with Crippen LogP contribution in [0.15, 0.2) is 24.3 Å². The molecule has 1 aromatic heterocycles. The summed E-state index contributed by atoms with van der Waals surface area (Å²) in [6.07, 6.45) is 1.35. The zero-order valence-electron chi connectivity index (χ0n) is 11.0. The van der Waals surface area contributed by atoms with E-state index < -0.39 is 0 Å². The Hall–Kier alpha value is -1.97. The Labute approximate surface area is 111 Å². The summed E-state index contributed by atoms with van der Waals surface area (Å²) in [5.41, 5.74) is 2.61. The van der Waals surface area contributed by atoms with Gasteiger partial charge in [-0.1, -0.05) is 19.1 Å². The summed E-state index contributed by atoms with van der Waals surface area (Å²) in [7, 11) is 1.75. The van der Waals surface area contributed by atoms with Gasteiger partial charge in [0.05, 0.1) is 5.69 Å². The first-order valence-electron chi connectivity index (χ1n) is 6.44. The molecule has 1 aliphatic carbocycles. The van der Waals surface area contributed by atoms with Gasteiger partial charge in [-0.25, -0.2) is 4.39 Å². The molecule has 0 aliphatic heterocycles. The van der Waals surface area contributed by atoms with Gasteiger partial charge in [0.1, 0.15) is 11.5 Å². The number of aryl methyl sites for hydroxylation is 1. The van der Waals surface area contributed by atoms with E-state index in [-0.39, 0.29) is 17.5 Å². The minimum Gasteiger partial charge on any atom is -0.292 e. The van der Waals surface area contributed by atoms with Crippen LogP contribution in [0, 0.1) is 5.82 Å². The van der Waals surface area contributed by atoms with Crippen LogP contribution in [0.1, 0.15) is 41.7 Å². The van der Waals surface area contributed by atoms with Crippen LogP contribution in [-0.4, -0.2) is 15.6 Å². The van der Waals surface area contributed by atoms with Gasteiger partial charge in [0.2, 0.25) is 0 Å². The van der Waals surface area contributed by atoms with Gasteiger partial charge in [-0.2, -0.15) is 5.10 Å². The molecule has 0 saturated heterocycles. The third-order valence-electron chi connectivity index (χ3n) is 3.77. The molecule has 1 aliphatic rings. The maximum Gasteiger partial charge on any atom is 0.181 e. The molecule has 0 bridgehead atoms. The Morgan fingerprint density at radius 3 is 2.84 bits per heavy atom. The molecule has 0 amide bonds. The van der Waals surface area contributed by atoms with Gasteiger partial charge in [0.15, 0.2) is 5.78 Å². The number of halogens is 1. The molecule has 4 heteroatoms. The van der Waals surface area contributed by atoms with Crippen LogP contribution >= 0.6 is 0 Å². The number of carbonyl (C=O) groups is 1. The number of hydrogen-bond acceptors (Lipinski definition) is 2. The standard InChI is InChI=1S/C15H15FN2O/c1-9-7-8-12(19)15-13(9)14(17-18(15)2)10-5-3-4-6-11(10)16/h3-6,9H,7-8H2,1-2H3. The number of carbonyl (C=O) groups excluding carboxylic acids is 1. The largest absolute Gasteiger partial charge is 0.292 e. The molecule has 19 heavy (non-hydrogen) atoms. The molecule has 1 unspecified atom stereocenters. The lowest BCUT2D eigenvalue weighted by molar-refractivity contribution is 0.0958. The van der Waals surface area contributed by atoms with Gasteiger partial charge in [-0.3, -0.25) is 9.48 Å². The predicted octanol–water partition coefficient (Wildman–Crippen LogP) is 3.31. The molecule has 3 rings (SSSR count). The molecule has 1 heterocycles. The van der Waals surface area contributed by atoms with Crippen molar-refractivity contribution in [3.8, 4) is 11.3 Å². The van der Waals surface area contributed by atoms with E-state index in [4.69, 9.17) is 0 Å². The lowest BCUT2D eigenvalue weighted by Crippen LogP contribution is -2.16. The minimum atomic E-state index is -0.298. The number of fused-ring (bicyclic) bond motifs is 1. The molecule has 0 spiro atoms. The monoisotopic (exact) mass is 258 g/mol. The summed E-state index contributed by atoms with van der Waals surface area (Å²) in [6, 6.07) is 6.58. The molecule has 0 N–H and O–H groups in total. The van der Waals surface area contributed by atoms with Crippen molar-refractivity contribution in [3.63, 3.8) is 0 Å². The average Bonchev–Trinajstić information content (AvgIpc) is 2.73. The van der Waals surface area contributed by atoms with Gasteiger partial charge >= 0.3 is 0 Å². The van der Waals surface area contributed by atoms with Crippen LogP contribution in [-0.2, 0) is 7.05 Å². The Balaban J connectivity index is 2.27. The van der Waals surface area contributed by atoms with E-state index in [1.54, 1.807) is 29.9 Å². The molecule has 1 atom stereocenters.